The first-order valence-corrected chi connectivity index (χ1v) is 10.8. The maximum absolute atomic E-state index is 12.4. The first-order valence-electron chi connectivity index (χ1n) is 10.4. The topological polar surface area (TPSA) is 45.1 Å². The molecule has 1 rings (SSSR count). The lowest BCUT2D eigenvalue weighted by molar-refractivity contribution is 0.00612. The second kappa shape index (κ2) is 9.62. The van der Waals surface area contributed by atoms with E-state index in [1.165, 1.54) is 5.71 Å². The molecule has 0 aromatic heterocycles. The molecule has 1 unspecified atom stereocenters. The van der Waals surface area contributed by atoms with Gasteiger partial charge in [0.2, 0.25) is 0 Å². The lowest BCUT2D eigenvalue weighted by Crippen LogP contribution is -2.56. The van der Waals surface area contributed by atoms with Gasteiger partial charge in [0.25, 0.3) is 0 Å². The van der Waals surface area contributed by atoms with Gasteiger partial charge in [-0.1, -0.05) is 46.2 Å². The maximum Gasteiger partial charge on any atom is 0.410 e. The summed E-state index contributed by atoms with van der Waals surface area (Å²) in [5.74, 6) is 0. The quantitative estimate of drug-likeness (QED) is 0.544. The van der Waals surface area contributed by atoms with Gasteiger partial charge in [-0.15, -0.1) is 0 Å². The number of amides is 1. The minimum atomic E-state index is -0.522. The minimum Gasteiger partial charge on any atom is -0.444 e. The minimum absolute atomic E-state index is 0.000870. The number of nitrogens with zero attached hydrogens (tertiary/aromatic N) is 3. The molecule has 1 amide bonds. The molecule has 0 bridgehead atoms. The molecule has 1 aliphatic heterocycles. The Morgan fingerprint density at radius 2 is 1.54 bits per heavy atom. The van der Waals surface area contributed by atoms with Crippen LogP contribution in [-0.4, -0.2) is 59.0 Å². The highest BCUT2D eigenvalue weighted by Crippen LogP contribution is 2.29. The molecule has 0 aliphatic carbocycles. The predicted octanol–water partition coefficient (Wildman–Crippen LogP) is 5.69. The van der Waals surface area contributed by atoms with Crippen molar-refractivity contribution in [2.24, 2.45) is 10.4 Å². The SMILES string of the molecule is CCC(=NC(C)(/C=C(/Cl)CC)N1CCN(C(=O)OC(C)(C)C)CC1)C(C)(C)C. The smallest absolute Gasteiger partial charge is 0.410 e. The summed E-state index contributed by atoms with van der Waals surface area (Å²) < 4.78 is 5.51. The van der Waals surface area contributed by atoms with Crippen molar-refractivity contribution in [1.29, 1.82) is 0 Å². The number of hydrogen-bond donors (Lipinski definition) is 0. The lowest BCUT2D eigenvalue weighted by Gasteiger charge is -2.43. The third kappa shape index (κ3) is 7.40. The van der Waals surface area contributed by atoms with Crippen LogP contribution < -0.4 is 0 Å². The summed E-state index contributed by atoms with van der Waals surface area (Å²) in [5.41, 5.74) is 0.168. The Labute approximate surface area is 177 Å². The summed E-state index contributed by atoms with van der Waals surface area (Å²) in [6.07, 6.45) is 3.50. The van der Waals surface area contributed by atoms with E-state index in [0.29, 0.717) is 13.1 Å². The zero-order valence-electron chi connectivity index (χ0n) is 19.4. The van der Waals surface area contributed by atoms with Crippen molar-refractivity contribution >= 4 is 23.4 Å². The van der Waals surface area contributed by atoms with Crippen LogP contribution in [0.1, 0.15) is 75.2 Å². The standard InChI is InChI=1S/C22H40ClN3O2/c1-10-17(23)16-22(9,24-18(11-2)20(3,4)5)26-14-12-25(13-15-26)19(27)28-21(6,7)8/h16H,10-15H2,1-9H3/b17-16+,24-18?. The number of ether oxygens (including phenoxy) is 1. The zero-order valence-corrected chi connectivity index (χ0v) is 20.1. The van der Waals surface area contributed by atoms with E-state index in [-0.39, 0.29) is 11.5 Å². The molecule has 0 spiro atoms. The molecule has 0 saturated carbocycles. The largest absolute Gasteiger partial charge is 0.444 e. The molecular weight excluding hydrogens is 374 g/mol. The van der Waals surface area contributed by atoms with Crippen LogP contribution >= 0.6 is 11.6 Å². The van der Waals surface area contributed by atoms with E-state index < -0.39 is 11.3 Å². The number of piperazine rings is 1. The van der Waals surface area contributed by atoms with Gasteiger partial charge in [-0.25, -0.2) is 4.79 Å². The van der Waals surface area contributed by atoms with E-state index in [1.807, 2.05) is 27.7 Å². The Balaban J connectivity index is 3.06. The summed E-state index contributed by atoms with van der Waals surface area (Å²) in [7, 11) is 0. The Bertz CT molecular complexity index is 594. The maximum atomic E-state index is 12.4. The normalized spacial score (nSPS) is 20.1. The fourth-order valence-corrected chi connectivity index (χ4v) is 3.52. The number of allylic oxidation sites excluding steroid dienone is 1. The second-order valence-electron chi connectivity index (χ2n) is 9.66. The van der Waals surface area contributed by atoms with E-state index in [9.17, 15) is 4.79 Å². The van der Waals surface area contributed by atoms with Crippen LogP contribution in [-0.2, 0) is 4.74 Å². The summed E-state index contributed by atoms with van der Waals surface area (Å²) in [6.45, 7) is 21.3. The molecule has 1 heterocycles. The van der Waals surface area contributed by atoms with Crippen LogP contribution in [0.15, 0.2) is 16.1 Å². The van der Waals surface area contributed by atoms with Crippen LogP contribution in [0.25, 0.3) is 0 Å². The van der Waals surface area contributed by atoms with Crippen molar-refractivity contribution in [2.45, 2.75) is 86.4 Å². The van der Waals surface area contributed by atoms with Gasteiger partial charge in [-0.2, -0.15) is 0 Å². The monoisotopic (exact) mass is 413 g/mol. The number of carbonyl (C=O) groups is 1. The molecule has 28 heavy (non-hydrogen) atoms. The van der Waals surface area contributed by atoms with Gasteiger partial charge in [0.05, 0.1) is 0 Å². The zero-order chi connectivity index (χ0) is 21.8. The van der Waals surface area contributed by atoms with E-state index in [1.54, 1.807) is 4.90 Å². The summed E-state index contributed by atoms with van der Waals surface area (Å²) in [5, 5.41) is 0.810. The molecule has 1 saturated heterocycles. The number of halogens is 1. The Kier molecular flexibility index (Phi) is 8.58. The third-order valence-electron chi connectivity index (χ3n) is 4.90. The van der Waals surface area contributed by atoms with Gasteiger partial charge in [0.15, 0.2) is 0 Å². The summed E-state index contributed by atoms with van der Waals surface area (Å²) in [6, 6.07) is 0. The first kappa shape index (κ1) is 25.0. The van der Waals surface area contributed by atoms with Gasteiger partial charge in [0, 0.05) is 36.9 Å². The first-order chi connectivity index (χ1) is 12.7. The van der Waals surface area contributed by atoms with Gasteiger partial charge >= 0.3 is 6.09 Å². The molecule has 0 aromatic rings. The van der Waals surface area contributed by atoms with Crippen LogP contribution in [0.2, 0.25) is 0 Å². The van der Waals surface area contributed by atoms with Crippen LogP contribution in [0.4, 0.5) is 4.79 Å². The van der Waals surface area contributed by atoms with Crippen molar-refractivity contribution in [3.8, 4) is 0 Å². The number of rotatable bonds is 5. The highest BCUT2D eigenvalue weighted by molar-refractivity contribution is 6.29. The fraction of sp³-hybridized carbons (Fsp3) is 0.818. The molecule has 0 aromatic carbocycles. The van der Waals surface area contributed by atoms with E-state index >= 15 is 0 Å². The van der Waals surface area contributed by atoms with Crippen molar-refractivity contribution < 1.29 is 9.53 Å². The van der Waals surface area contributed by atoms with Gasteiger partial charge in [-0.05, 0) is 52.0 Å². The molecule has 162 valence electrons. The Morgan fingerprint density at radius 3 is 1.93 bits per heavy atom. The third-order valence-corrected chi connectivity index (χ3v) is 5.28. The molecule has 1 aliphatic rings. The molecular formula is C22H40ClN3O2. The average molecular weight is 414 g/mol. The Morgan fingerprint density at radius 1 is 1.00 bits per heavy atom. The Hall–Kier alpha value is -1.07. The molecule has 5 nitrogen and oxygen atoms in total. The highest BCUT2D eigenvalue weighted by Gasteiger charge is 2.35. The van der Waals surface area contributed by atoms with Crippen LogP contribution in [0.5, 0.6) is 0 Å². The van der Waals surface area contributed by atoms with Gasteiger partial charge < -0.3 is 9.64 Å². The number of carbonyl (C=O) groups excluding carboxylic acids is 1. The molecule has 6 heteroatoms. The van der Waals surface area contributed by atoms with E-state index in [0.717, 1.165) is 31.0 Å². The molecule has 0 radical (unpaired) electrons. The lowest BCUT2D eigenvalue weighted by atomic mass is 9.87. The number of hydrogen-bond acceptors (Lipinski definition) is 4. The molecule has 0 N–H and O–H groups in total. The average Bonchev–Trinajstić information content (AvgIpc) is 2.57. The van der Waals surface area contributed by atoms with Crippen molar-refractivity contribution in [3.05, 3.63) is 11.1 Å². The van der Waals surface area contributed by atoms with Crippen molar-refractivity contribution in [1.82, 2.24) is 9.80 Å². The second-order valence-corrected chi connectivity index (χ2v) is 10.1. The van der Waals surface area contributed by atoms with Gasteiger partial charge in [-0.3, -0.25) is 9.89 Å². The number of aliphatic imine (C=N–C) groups is 1. The summed E-state index contributed by atoms with van der Waals surface area (Å²) >= 11 is 6.44. The van der Waals surface area contributed by atoms with E-state index in [4.69, 9.17) is 21.3 Å². The fourth-order valence-electron chi connectivity index (χ4n) is 3.31. The molecule has 1 fully saturated rings. The molecule has 1 atom stereocenters. The van der Waals surface area contributed by atoms with Crippen LogP contribution in [0.3, 0.4) is 0 Å². The van der Waals surface area contributed by atoms with Crippen molar-refractivity contribution in [3.63, 3.8) is 0 Å². The summed E-state index contributed by atoms with van der Waals surface area (Å²) in [4.78, 5) is 21.7. The van der Waals surface area contributed by atoms with Crippen molar-refractivity contribution in [2.75, 3.05) is 26.2 Å². The van der Waals surface area contributed by atoms with Gasteiger partial charge in [0.1, 0.15) is 11.3 Å². The van der Waals surface area contributed by atoms with E-state index in [2.05, 4.69) is 45.6 Å². The predicted molar refractivity (Wildman–Crippen MR) is 119 cm³/mol. The van der Waals surface area contributed by atoms with Crippen LogP contribution in [0, 0.1) is 5.41 Å². The highest BCUT2D eigenvalue weighted by atomic mass is 35.5.